The highest BCUT2D eigenvalue weighted by Crippen LogP contribution is 2.36. The van der Waals surface area contributed by atoms with Crippen molar-refractivity contribution in [2.24, 2.45) is 5.73 Å². The molecule has 2 amide bonds. The predicted molar refractivity (Wildman–Crippen MR) is 109 cm³/mol. The lowest BCUT2D eigenvalue weighted by atomic mass is 9.95. The molecule has 4 rings (SSSR count). The summed E-state index contributed by atoms with van der Waals surface area (Å²) in [6.45, 7) is 2.20. The largest absolute Gasteiger partial charge is 0.435 e. The molecule has 1 aliphatic carbocycles. The van der Waals surface area contributed by atoms with Crippen molar-refractivity contribution in [3.05, 3.63) is 44.9 Å². The minimum absolute atomic E-state index is 0.0384. The van der Waals surface area contributed by atoms with Crippen molar-refractivity contribution in [3.8, 4) is 0 Å². The number of thiazole rings is 1. The van der Waals surface area contributed by atoms with Crippen LogP contribution in [0.4, 0.5) is 18.9 Å². The van der Waals surface area contributed by atoms with E-state index in [1.165, 1.54) is 20.9 Å². The monoisotopic (exact) mass is 467 g/mol. The van der Waals surface area contributed by atoms with Gasteiger partial charge in [-0.25, -0.2) is 4.98 Å². The number of primary amides is 1. The van der Waals surface area contributed by atoms with Gasteiger partial charge in [0.15, 0.2) is 5.69 Å². The van der Waals surface area contributed by atoms with Crippen LogP contribution < -0.4 is 11.1 Å². The van der Waals surface area contributed by atoms with Crippen LogP contribution in [-0.4, -0.2) is 36.4 Å². The van der Waals surface area contributed by atoms with E-state index in [1.54, 1.807) is 6.92 Å². The topological polar surface area (TPSA) is 121 Å². The number of anilines is 1. The van der Waals surface area contributed by atoms with Crippen LogP contribution in [0.2, 0.25) is 0 Å². The van der Waals surface area contributed by atoms with Gasteiger partial charge in [-0.15, -0.1) is 11.3 Å². The van der Waals surface area contributed by atoms with Crippen molar-refractivity contribution >= 4 is 28.8 Å². The van der Waals surface area contributed by atoms with E-state index in [1.807, 2.05) is 0 Å². The van der Waals surface area contributed by atoms with E-state index >= 15 is 0 Å². The molecule has 13 heteroatoms. The Balaban J connectivity index is 1.54. The van der Waals surface area contributed by atoms with Gasteiger partial charge in [-0.1, -0.05) is 0 Å². The van der Waals surface area contributed by atoms with E-state index in [9.17, 15) is 22.8 Å². The van der Waals surface area contributed by atoms with Crippen LogP contribution >= 0.6 is 11.3 Å². The quantitative estimate of drug-likeness (QED) is 0.578. The van der Waals surface area contributed by atoms with Gasteiger partial charge < -0.3 is 11.1 Å². The van der Waals surface area contributed by atoms with Gasteiger partial charge in [0.25, 0.3) is 11.8 Å². The molecule has 0 unspecified atom stereocenters. The second-order valence-electron chi connectivity index (χ2n) is 7.30. The molecular formula is C19H20F3N7O2S. The number of halogens is 3. The smallest absolute Gasteiger partial charge is 0.364 e. The highest BCUT2D eigenvalue weighted by atomic mass is 32.1. The van der Waals surface area contributed by atoms with E-state index in [0.717, 1.165) is 17.8 Å². The number of aryl methyl sites for hydroxylation is 1. The first-order chi connectivity index (χ1) is 15.2. The molecule has 0 saturated heterocycles. The molecule has 0 fully saturated rings. The second kappa shape index (κ2) is 8.37. The number of carbonyl (C=O) groups is 2. The third kappa shape index (κ3) is 4.11. The van der Waals surface area contributed by atoms with Crippen LogP contribution in [0, 0.1) is 0 Å². The number of carbonyl (C=O) groups excluding carboxylic acids is 2. The number of fused-ring (bicyclic) bond motifs is 1. The molecule has 0 aliphatic heterocycles. The average molecular weight is 467 g/mol. The number of hydrogen-bond donors (Lipinski definition) is 2. The number of amides is 2. The van der Waals surface area contributed by atoms with E-state index in [-0.39, 0.29) is 29.2 Å². The van der Waals surface area contributed by atoms with Gasteiger partial charge >= 0.3 is 6.18 Å². The van der Waals surface area contributed by atoms with Gasteiger partial charge in [0.1, 0.15) is 16.4 Å². The van der Waals surface area contributed by atoms with Gasteiger partial charge in [-0.05, 0) is 32.6 Å². The van der Waals surface area contributed by atoms with Crippen LogP contribution in [-0.2, 0) is 32.1 Å². The van der Waals surface area contributed by atoms with Crippen LogP contribution in [0.15, 0.2) is 11.6 Å². The third-order valence-corrected chi connectivity index (χ3v) is 6.05. The zero-order valence-corrected chi connectivity index (χ0v) is 17.9. The standard InChI is InChI=1S/C19H20F3N7O2S/c1-2-28-15(17(23)30)11(7-24-28)26-18(31)12-9-32-14(25-12)8-29-13-6-4-3-5-10(13)16(27-29)19(20,21)22/h7,9H,2-6,8H2,1H3,(H2,23,30)(H,26,31). The SMILES string of the molecule is CCn1ncc(NC(=O)c2csc(Cn3nc(C(F)(F)F)c4c3CCCC4)n2)c1C(N)=O. The molecule has 170 valence electrons. The maximum Gasteiger partial charge on any atom is 0.435 e. The minimum atomic E-state index is -4.51. The molecule has 3 aromatic rings. The second-order valence-corrected chi connectivity index (χ2v) is 8.25. The van der Waals surface area contributed by atoms with Gasteiger partial charge in [-0.2, -0.15) is 23.4 Å². The lowest BCUT2D eigenvalue weighted by Crippen LogP contribution is -2.21. The van der Waals surface area contributed by atoms with E-state index < -0.39 is 23.7 Å². The molecular weight excluding hydrogens is 447 g/mol. The highest BCUT2D eigenvalue weighted by Gasteiger charge is 2.39. The van der Waals surface area contributed by atoms with Crippen molar-refractivity contribution in [2.45, 2.75) is 51.9 Å². The molecule has 32 heavy (non-hydrogen) atoms. The number of aromatic nitrogens is 5. The summed E-state index contributed by atoms with van der Waals surface area (Å²) >= 11 is 1.14. The fourth-order valence-corrected chi connectivity index (χ4v) is 4.56. The normalized spacial score (nSPS) is 13.8. The Bertz CT molecular complexity index is 1180. The molecule has 0 spiro atoms. The first-order valence-corrected chi connectivity index (χ1v) is 10.8. The van der Waals surface area contributed by atoms with Gasteiger partial charge in [-0.3, -0.25) is 19.0 Å². The lowest BCUT2D eigenvalue weighted by Gasteiger charge is -2.14. The Morgan fingerprint density at radius 1 is 1.25 bits per heavy atom. The van der Waals surface area contributed by atoms with E-state index in [2.05, 4.69) is 20.5 Å². The zero-order valence-electron chi connectivity index (χ0n) is 17.1. The highest BCUT2D eigenvalue weighted by molar-refractivity contribution is 7.09. The van der Waals surface area contributed by atoms with Crippen LogP contribution in [0.25, 0.3) is 0 Å². The van der Waals surface area contributed by atoms with Crippen LogP contribution in [0.3, 0.4) is 0 Å². The summed E-state index contributed by atoms with van der Waals surface area (Å²) in [7, 11) is 0. The summed E-state index contributed by atoms with van der Waals surface area (Å²) in [5.74, 6) is -1.31. The maximum atomic E-state index is 13.4. The van der Waals surface area contributed by atoms with Gasteiger partial charge in [0, 0.05) is 23.2 Å². The summed E-state index contributed by atoms with van der Waals surface area (Å²) in [6.07, 6.45) is -0.816. The molecule has 0 bridgehead atoms. The Kier molecular flexibility index (Phi) is 5.75. The third-order valence-electron chi connectivity index (χ3n) is 5.22. The number of nitrogens with zero attached hydrogens (tertiary/aromatic N) is 5. The summed E-state index contributed by atoms with van der Waals surface area (Å²) in [6, 6.07) is 0. The summed E-state index contributed by atoms with van der Waals surface area (Å²) in [4.78, 5) is 28.5. The molecule has 9 nitrogen and oxygen atoms in total. The number of alkyl halides is 3. The van der Waals surface area contributed by atoms with E-state index in [0.29, 0.717) is 36.5 Å². The number of nitrogens with one attached hydrogen (secondary N) is 1. The Labute approximate surface area is 184 Å². The van der Waals surface area contributed by atoms with Crippen LogP contribution in [0.5, 0.6) is 0 Å². The zero-order chi connectivity index (χ0) is 23.0. The molecule has 0 radical (unpaired) electrons. The van der Waals surface area contributed by atoms with Crippen molar-refractivity contribution < 1.29 is 22.8 Å². The lowest BCUT2D eigenvalue weighted by molar-refractivity contribution is -0.142. The van der Waals surface area contributed by atoms with Crippen molar-refractivity contribution in [3.63, 3.8) is 0 Å². The molecule has 3 heterocycles. The summed E-state index contributed by atoms with van der Waals surface area (Å²) in [5.41, 5.74) is 5.66. The average Bonchev–Trinajstić information content (AvgIpc) is 3.45. The fraction of sp³-hybridized carbons (Fsp3) is 0.421. The summed E-state index contributed by atoms with van der Waals surface area (Å²) in [5, 5.41) is 12.3. The number of rotatable bonds is 6. The minimum Gasteiger partial charge on any atom is -0.364 e. The number of hydrogen-bond acceptors (Lipinski definition) is 6. The molecule has 0 atom stereocenters. The van der Waals surface area contributed by atoms with Crippen molar-refractivity contribution in [2.75, 3.05) is 5.32 Å². The van der Waals surface area contributed by atoms with Gasteiger partial charge in [0.05, 0.1) is 18.4 Å². The van der Waals surface area contributed by atoms with Crippen molar-refractivity contribution in [1.82, 2.24) is 24.5 Å². The summed E-state index contributed by atoms with van der Waals surface area (Å²) < 4.78 is 42.8. The first-order valence-electron chi connectivity index (χ1n) is 9.96. The van der Waals surface area contributed by atoms with Crippen molar-refractivity contribution in [1.29, 1.82) is 0 Å². The molecule has 3 N–H and O–H groups in total. The molecule has 0 aromatic carbocycles. The predicted octanol–water partition coefficient (Wildman–Crippen LogP) is 2.85. The van der Waals surface area contributed by atoms with Gasteiger partial charge in [0.2, 0.25) is 0 Å². The fourth-order valence-electron chi connectivity index (χ4n) is 3.81. The first kappa shape index (κ1) is 22.0. The van der Waals surface area contributed by atoms with Crippen LogP contribution in [0.1, 0.15) is 62.7 Å². The molecule has 0 saturated carbocycles. The molecule has 1 aliphatic rings. The Morgan fingerprint density at radius 2 is 2.00 bits per heavy atom. The number of nitrogens with two attached hydrogens (primary N) is 1. The Hall–Kier alpha value is -3.22. The Morgan fingerprint density at radius 3 is 2.69 bits per heavy atom. The molecule has 3 aromatic heterocycles. The van der Waals surface area contributed by atoms with E-state index in [4.69, 9.17) is 5.73 Å². The maximum absolute atomic E-state index is 13.4.